The van der Waals surface area contributed by atoms with E-state index in [4.69, 9.17) is 4.42 Å². The maximum atomic E-state index is 12.6. The molecule has 0 bridgehead atoms. The van der Waals surface area contributed by atoms with Crippen molar-refractivity contribution >= 4 is 21.9 Å². The number of sulfonamides is 1. The Bertz CT molecular complexity index is 1160. The van der Waals surface area contributed by atoms with E-state index in [0.717, 1.165) is 29.5 Å². The van der Waals surface area contributed by atoms with Gasteiger partial charge in [0.15, 0.2) is 0 Å². The minimum Gasteiger partial charge on any atom is -0.403 e. The Balaban J connectivity index is 1.47. The van der Waals surface area contributed by atoms with E-state index >= 15 is 0 Å². The second-order valence-corrected chi connectivity index (χ2v) is 9.32. The van der Waals surface area contributed by atoms with Crippen LogP contribution < -0.4 is 5.32 Å². The van der Waals surface area contributed by atoms with Crippen molar-refractivity contribution in [1.82, 2.24) is 14.5 Å². The number of nitrogens with one attached hydrogen (secondary N) is 1. The topological polar surface area (TPSA) is 105 Å². The molecule has 0 saturated carbocycles. The van der Waals surface area contributed by atoms with Gasteiger partial charge in [-0.15, -0.1) is 5.10 Å². The number of nitrogens with zero attached hydrogens (tertiary/aromatic N) is 3. The summed E-state index contributed by atoms with van der Waals surface area (Å²) in [5, 5.41) is 10.4. The van der Waals surface area contributed by atoms with Crippen molar-refractivity contribution in [3.05, 3.63) is 59.2 Å². The molecule has 1 saturated heterocycles. The van der Waals surface area contributed by atoms with Crippen molar-refractivity contribution in [2.45, 2.75) is 31.6 Å². The summed E-state index contributed by atoms with van der Waals surface area (Å²) in [6.07, 6.45) is 1.74. The fourth-order valence-electron chi connectivity index (χ4n) is 3.51. The van der Waals surface area contributed by atoms with E-state index in [-0.39, 0.29) is 10.9 Å². The summed E-state index contributed by atoms with van der Waals surface area (Å²) in [6.45, 7) is 5.02. The molecule has 0 radical (unpaired) electrons. The van der Waals surface area contributed by atoms with Crippen LogP contribution in [-0.2, 0) is 10.0 Å². The molecule has 0 atom stereocenters. The average Bonchev–Trinajstić information content (AvgIpc) is 3.40. The number of hydrogen-bond acceptors (Lipinski definition) is 6. The van der Waals surface area contributed by atoms with Gasteiger partial charge in [-0.1, -0.05) is 22.3 Å². The van der Waals surface area contributed by atoms with Gasteiger partial charge in [0.1, 0.15) is 0 Å². The molecule has 2 aromatic carbocycles. The van der Waals surface area contributed by atoms with Crippen LogP contribution in [0.25, 0.3) is 11.5 Å². The van der Waals surface area contributed by atoms with Gasteiger partial charge in [0.25, 0.3) is 5.91 Å². The highest BCUT2D eigenvalue weighted by Crippen LogP contribution is 2.24. The Hall–Kier alpha value is -3.04. The normalized spacial score (nSPS) is 14.7. The maximum absolute atomic E-state index is 12.6. The molecule has 0 unspecified atom stereocenters. The first kappa shape index (κ1) is 20.2. The van der Waals surface area contributed by atoms with E-state index < -0.39 is 15.9 Å². The Labute approximate surface area is 175 Å². The number of carbonyl (C=O) groups is 1. The third-order valence-electron chi connectivity index (χ3n) is 4.93. The SMILES string of the molecule is Cc1cc(C)cc(-c2nnc(NC(=O)c3ccc(S(=O)(=O)N4CCCC4)cc3)o2)c1. The van der Waals surface area contributed by atoms with Crippen molar-refractivity contribution in [1.29, 1.82) is 0 Å². The molecule has 4 rings (SSSR count). The van der Waals surface area contributed by atoms with Crippen molar-refractivity contribution in [2.75, 3.05) is 18.4 Å². The lowest BCUT2D eigenvalue weighted by atomic mass is 10.1. The third kappa shape index (κ3) is 4.12. The molecule has 0 spiro atoms. The zero-order chi connectivity index (χ0) is 21.3. The lowest BCUT2D eigenvalue weighted by Gasteiger charge is -2.15. The molecule has 1 fully saturated rings. The summed E-state index contributed by atoms with van der Waals surface area (Å²) in [4.78, 5) is 12.7. The van der Waals surface area contributed by atoms with Gasteiger partial charge >= 0.3 is 6.01 Å². The molecule has 1 amide bonds. The Kier molecular flexibility index (Phi) is 5.40. The molecule has 30 heavy (non-hydrogen) atoms. The van der Waals surface area contributed by atoms with Crippen LogP contribution in [0.5, 0.6) is 0 Å². The van der Waals surface area contributed by atoms with Gasteiger partial charge in [-0.3, -0.25) is 10.1 Å². The number of aromatic nitrogens is 2. The minimum atomic E-state index is -3.51. The van der Waals surface area contributed by atoms with Crippen LogP contribution in [0.4, 0.5) is 6.01 Å². The highest BCUT2D eigenvalue weighted by Gasteiger charge is 2.27. The number of carbonyl (C=O) groups excluding carboxylic acids is 1. The lowest BCUT2D eigenvalue weighted by Crippen LogP contribution is -2.27. The molecule has 9 heteroatoms. The lowest BCUT2D eigenvalue weighted by molar-refractivity contribution is 0.102. The van der Waals surface area contributed by atoms with Crippen LogP contribution in [0, 0.1) is 13.8 Å². The molecule has 156 valence electrons. The summed E-state index contributed by atoms with van der Waals surface area (Å²) in [7, 11) is -3.51. The number of anilines is 1. The van der Waals surface area contributed by atoms with E-state index in [0.29, 0.717) is 24.5 Å². The van der Waals surface area contributed by atoms with Gasteiger partial charge < -0.3 is 4.42 Å². The van der Waals surface area contributed by atoms with Gasteiger partial charge in [0.05, 0.1) is 4.90 Å². The predicted octanol–water partition coefficient (Wildman–Crippen LogP) is 3.39. The number of rotatable bonds is 5. The van der Waals surface area contributed by atoms with E-state index in [9.17, 15) is 13.2 Å². The zero-order valence-electron chi connectivity index (χ0n) is 16.8. The van der Waals surface area contributed by atoms with Gasteiger partial charge in [0, 0.05) is 24.2 Å². The first-order chi connectivity index (χ1) is 14.3. The van der Waals surface area contributed by atoms with Gasteiger partial charge in [0.2, 0.25) is 15.9 Å². The Morgan fingerprint density at radius 2 is 1.63 bits per heavy atom. The molecule has 1 N–H and O–H groups in total. The van der Waals surface area contributed by atoms with Crippen LogP contribution in [0.3, 0.4) is 0 Å². The summed E-state index contributed by atoms with van der Waals surface area (Å²) in [6, 6.07) is 11.7. The van der Waals surface area contributed by atoms with Crippen molar-refractivity contribution in [3.63, 3.8) is 0 Å². The number of aryl methyl sites for hydroxylation is 2. The third-order valence-corrected chi connectivity index (χ3v) is 6.85. The first-order valence-corrected chi connectivity index (χ1v) is 11.1. The standard InChI is InChI=1S/C21H22N4O4S/c1-14-11-15(2)13-17(12-14)20-23-24-21(29-20)22-19(26)16-5-7-18(8-6-16)30(27,28)25-9-3-4-10-25/h5-8,11-13H,3-4,9-10H2,1-2H3,(H,22,24,26). The minimum absolute atomic E-state index is 0.0251. The number of benzene rings is 2. The number of hydrogen-bond donors (Lipinski definition) is 1. The summed E-state index contributed by atoms with van der Waals surface area (Å²) in [5.41, 5.74) is 3.20. The summed E-state index contributed by atoms with van der Waals surface area (Å²) < 4.78 is 32.2. The molecule has 3 aromatic rings. The van der Waals surface area contributed by atoms with E-state index in [1.165, 1.54) is 28.6 Å². The molecular weight excluding hydrogens is 404 g/mol. The van der Waals surface area contributed by atoms with Gasteiger partial charge in [-0.05, 0) is 63.1 Å². The fraction of sp³-hybridized carbons (Fsp3) is 0.286. The van der Waals surface area contributed by atoms with Gasteiger partial charge in [-0.25, -0.2) is 8.42 Å². The molecule has 1 aromatic heterocycles. The van der Waals surface area contributed by atoms with E-state index in [1.807, 2.05) is 32.0 Å². The quantitative estimate of drug-likeness (QED) is 0.670. The van der Waals surface area contributed by atoms with Crippen molar-refractivity contribution in [3.8, 4) is 11.5 Å². The molecule has 1 aliphatic heterocycles. The van der Waals surface area contributed by atoms with Crippen molar-refractivity contribution in [2.24, 2.45) is 0 Å². The fourth-order valence-corrected chi connectivity index (χ4v) is 5.03. The average molecular weight is 426 g/mol. The monoisotopic (exact) mass is 426 g/mol. The van der Waals surface area contributed by atoms with E-state index in [1.54, 1.807) is 0 Å². The second-order valence-electron chi connectivity index (χ2n) is 7.38. The first-order valence-electron chi connectivity index (χ1n) is 9.67. The largest absolute Gasteiger partial charge is 0.403 e. The highest BCUT2D eigenvalue weighted by atomic mass is 32.2. The number of amides is 1. The zero-order valence-corrected chi connectivity index (χ0v) is 17.6. The van der Waals surface area contributed by atoms with Crippen LogP contribution >= 0.6 is 0 Å². The molecule has 8 nitrogen and oxygen atoms in total. The Morgan fingerprint density at radius 1 is 1.00 bits per heavy atom. The predicted molar refractivity (Wildman–Crippen MR) is 112 cm³/mol. The van der Waals surface area contributed by atoms with Gasteiger partial charge in [-0.2, -0.15) is 4.31 Å². The molecular formula is C21H22N4O4S. The van der Waals surface area contributed by atoms with Crippen molar-refractivity contribution < 1.29 is 17.6 Å². The maximum Gasteiger partial charge on any atom is 0.322 e. The smallest absolute Gasteiger partial charge is 0.322 e. The summed E-state index contributed by atoms with van der Waals surface area (Å²) in [5.74, 6) is -0.153. The summed E-state index contributed by atoms with van der Waals surface area (Å²) >= 11 is 0. The van der Waals surface area contributed by atoms with Crippen LogP contribution in [0.15, 0.2) is 51.8 Å². The van der Waals surface area contributed by atoms with Crippen LogP contribution in [-0.4, -0.2) is 41.9 Å². The van der Waals surface area contributed by atoms with E-state index in [2.05, 4.69) is 15.5 Å². The van der Waals surface area contributed by atoms with Crippen LogP contribution in [0.2, 0.25) is 0 Å². The molecule has 0 aliphatic carbocycles. The molecule has 1 aliphatic rings. The Morgan fingerprint density at radius 3 is 2.27 bits per heavy atom. The highest BCUT2D eigenvalue weighted by molar-refractivity contribution is 7.89. The second kappa shape index (κ2) is 8.00. The molecule has 2 heterocycles. The van der Waals surface area contributed by atoms with Crippen LogP contribution in [0.1, 0.15) is 34.3 Å².